The number of nitrogens with zero attached hydrogens (tertiary/aromatic N) is 2. The van der Waals surface area contributed by atoms with Crippen molar-refractivity contribution in [3.63, 3.8) is 0 Å². The van der Waals surface area contributed by atoms with Gasteiger partial charge in [-0.05, 0) is 37.7 Å². The van der Waals surface area contributed by atoms with Gasteiger partial charge in [0.1, 0.15) is 23.7 Å². The van der Waals surface area contributed by atoms with Crippen molar-refractivity contribution in [1.82, 2.24) is 15.1 Å². The molecule has 2 saturated heterocycles. The van der Waals surface area contributed by atoms with E-state index in [0.717, 1.165) is 18.4 Å². The van der Waals surface area contributed by atoms with Crippen LogP contribution in [0.15, 0.2) is 54.6 Å². The Labute approximate surface area is 253 Å². The van der Waals surface area contributed by atoms with E-state index in [0.29, 0.717) is 45.3 Å². The third-order valence-electron chi connectivity index (χ3n) is 8.98. The fourth-order valence-corrected chi connectivity index (χ4v) is 6.78. The molecule has 1 aromatic rings. The van der Waals surface area contributed by atoms with E-state index in [1.165, 1.54) is 0 Å². The molecule has 0 aromatic heterocycles. The number of hydrogen-bond donors (Lipinski definition) is 2. The van der Waals surface area contributed by atoms with Crippen molar-refractivity contribution in [1.29, 1.82) is 0 Å². The number of amides is 3. The van der Waals surface area contributed by atoms with E-state index in [1.807, 2.05) is 48.6 Å². The van der Waals surface area contributed by atoms with E-state index >= 15 is 0 Å². The highest BCUT2D eigenvalue weighted by atomic mass is 16.6. The first-order valence-corrected chi connectivity index (χ1v) is 15.7. The predicted molar refractivity (Wildman–Crippen MR) is 158 cm³/mol. The van der Waals surface area contributed by atoms with Crippen LogP contribution in [-0.2, 0) is 28.7 Å². The third-order valence-corrected chi connectivity index (χ3v) is 8.98. The summed E-state index contributed by atoms with van der Waals surface area (Å²) in [5.41, 5.74) is -0.538. The normalized spacial score (nSPS) is 31.7. The molecule has 3 amide bonds. The molecule has 5 rings (SSSR count). The number of cyclic esters (lactones) is 1. The van der Waals surface area contributed by atoms with Gasteiger partial charge >= 0.3 is 5.97 Å². The zero-order chi connectivity index (χ0) is 30.4. The average molecular weight is 594 g/mol. The molecule has 0 aliphatic carbocycles. The number of aliphatic hydroxyl groups excluding tert-OH is 1. The van der Waals surface area contributed by atoms with Gasteiger partial charge in [0.25, 0.3) is 0 Å². The number of allylic oxidation sites excluding steroid dienone is 1. The fourth-order valence-electron chi connectivity index (χ4n) is 6.78. The van der Waals surface area contributed by atoms with Gasteiger partial charge in [0.2, 0.25) is 17.7 Å². The highest BCUT2D eigenvalue weighted by molar-refractivity contribution is 5.99. The van der Waals surface area contributed by atoms with Gasteiger partial charge in [-0.2, -0.15) is 0 Å². The Hall–Kier alpha value is -3.50. The highest BCUT2D eigenvalue weighted by Gasteiger charge is 2.73. The Kier molecular flexibility index (Phi) is 9.97. The van der Waals surface area contributed by atoms with Crippen molar-refractivity contribution in [2.75, 3.05) is 32.8 Å². The van der Waals surface area contributed by atoms with Gasteiger partial charge < -0.3 is 29.7 Å². The summed E-state index contributed by atoms with van der Waals surface area (Å²) in [4.78, 5) is 58.6. The molecule has 5 bridgehead atoms. The van der Waals surface area contributed by atoms with Crippen LogP contribution < -0.4 is 5.32 Å². The van der Waals surface area contributed by atoms with Crippen LogP contribution in [0, 0.1) is 11.8 Å². The second-order valence-electron chi connectivity index (χ2n) is 11.8. The van der Waals surface area contributed by atoms with Crippen LogP contribution in [0.1, 0.15) is 63.5 Å². The molecular weight excluding hydrogens is 550 g/mol. The lowest BCUT2D eigenvalue weighted by atomic mass is 9.74. The van der Waals surface area contributed by atoms with Gasteiger partial charge in [-0.15, -0.1) is 0 Å². The zero-order valence-electron chi connectivity index (χ0n) is 24.9. The monoisotopic (exact) mass is 593 g/mol. The van der Waals surface area contributed by atoms with Crippen LogP contribution in [0.3, 0.4) is 0 Å². The number of ether oxygens (including phenoxy) is 2. The lowest BCUT2D eigenvalue weighted by Gasteiger charge is -2.36. The number of unbranched alkanes of at least 4 members (excludes halogenated alkanes) is 3. The van der Waals surface area contributed by atoms with Gasteiger partial charge in [0.05, 0.1) is 18.6 Å². The van der Waals surface area contributed by atoms with E-state index in [-0.39, 0.29) is 37.3 Å². The van der Waals surface area contributed by atoms with Crippen molar-refractivity contribution < 1.29 is 33.8 Å². The molecule has 10 nitrogen and oxygen atoms in total. The predicted octanol–water partition coefficient (Wildman–Crippen LogP) is 2.68. The zero-order valence-corrected chi connectivity index (χ0v) is 24.9. The maximum atomic E-state index is 14.4. The molecule has 232 valence electrons. The van der Waals surface area contributed by atoms with E-state index in [2.05, 4.69) is 12.2 Å². The van der Waals surface area contributed by atoms with E-state index in [1.54, 1.807) is 15.9 Å². The molecule has 1 spiro atoms. The molecule has 4 aliphatic heterocycles. The summed E-state index contributed by atoms with van der Waals surface area (Å²) in [5, 5.41) is 12.2. The number of hydrogen-bond acceptors (Lipinski definition) is 7. The first kappa shape index (κ1) is 30.9. The first-order valence-electron chi connectivity index (χ1n) is 15.7. The van der Waals surface area contributed by atoms with Crippen LogP contribution in [0.5, 0.6) is 0 Å². The minimum Gasteiger partial charge on any atom is -0.455 e. The van der Waals surface area contributed by atoms with Gasteiger partial charge in [-0.1, -0.05) is 68.0 Å². The molecule has 0 radical (unpaired) electrons. The number of aliphatic hydroxyl groups is 1. The molecule has 6 atom stereocenters. The second-order valence-corrected chi connectivity index (χ2v) is 11.8. The lowest BCUT2D eigenvalue weighted by molar-refractivity contribution is -0.159. The van der Waals surface area contributed by atoms with Crippen molar-refractivity contribution in [2.45, 2.75) is 75.7 Å². The number of nitrogens with one attached hydrogen (secondary N) is 1. The topological polar surface area (TPSA) is 125 Å². The Morgan fingerprint density at radius 2 is 1.81 bits per heavy atom. The summed E-state index contributed by atoms with van der Waals surface area (Å²) in [6, 6.07) is 8.30. The number of carbonyl (C=O) groups excluding carboxylic acids is 4. The van der Waals surface area contributed by atoms with E-state index in [9.17, 15) is 24.3 Å². The summed E-state index contributed by atoms with van der Waals surface area (Å²) in [7, 11) is 0. The Balaban J connectivity index is 1.52. The maximum absolute atomic E-state index is 14.4. The summed E-state index contributed by atoms with van der Waals surface area (Å²) >= 11 is 0. The molecule has 2 N–H and O–H groups in total. The van der Waals surface area contributed by atoms with Crippen molar-refractivity contribution in [3.8, 4) is 0 Å². The largest absolute Gasteiger partial charge is 0.455 e. The number of benzene rings is 1. The molecule has 2 fully saturated rings. The Morgan fingerprint density at radius 3 is 2.58 bits per heavy atom. The van der Waals surface area contributed by atoms with E-state index < -0.39 is 41.7 Å². The minimum absolute atomic E-state index is 0.0600. The maximum Gasteiger partial charge on any atom is 0.313 e. The number of fused-ring (bicyclic) bond motifs is 2. The molecule has 1 aromatic carbocycles. The van der Waals surface area contributed by atoms with Crippen molar-refractivity contribution in [3.05, 3.63) is 60.2 Å². The molecule has 10 heteroatoms. The summed E-state index contributed by atoms with van der Waals surface area (Å²) in [6.07, 6.45) is 10.3. The quantitative estimate of drug-likeness (QED) is 0.256. The number of rotatable bonds is 9. The molecule has 0 saturated carbocycles. The summed E-state index contributed by atoms with van der Waals surface area (Å²) in [6.45, 7) is 3.40. The van der Waals surface area contributed by atoms with Crippen LogP contribution in [0.4, 0.5) is 0 Å². The van der Waals surface area contributed by atoms with Gasteiger partial charge in [0, 0.05) is 32.7 Å². The number of esters is 1. The number of carbonyl (C=O) groups is 4. The van der Waals surface area contributed by atoms with Crippen LogP contribution in [-0.4, -0.2) is 89.1 Å². The molecule has 4 heterocycles. The Bertz CT molecular complexity index is 1230. The Morgan fingerprint density at radius 1 is 1.00 bits per heavy atom. The SMILES string of the molecule is CCCCN1C/C=C\CCC(=O)NC[C@H](c2ccccc2)OC(=O)[C@@H]2[C@H]3C(=O)N(CCCCCO)[C@H](C1=O)[C@]31C=C[C@H]2O1. The van der Waals surface area contributed by atoms with Crippen molar-refractivity contribution in [2.24, 2.45) is 11.8 Å². The van der Waals surface area contributed by atoms with Gasteiger partial charge in [-0.25, -0.2) is 0 Å². The standard InChI is InChI=1S/C33H43N3O7/c1-2-3-18-35-19-10-5-9-15-26(38)34-22-25(23-13-7-4-8-14-23)42-32(41)27-24-16-17-33(43-24)28(27)30(39)36(29(33)31(35)40)20-11-6-12-21-37/h4-5,7-8,10,13-14,16-17,24-25,27-29,37H,2-3,6,9,11-12,15,18-22H2,1H3,(H,34,38)/b10-5-/t24-,25-,27+,28+,29-,33+/m1/s1. The van der Waals surface area contributed by atoms with Crippen molar-refractivity contribution >= 4 is 23.7 Å². The summed E-state index contributed by atoms with van der Waals surface area (Å²) < 4.78 is 12.5. The van der Waals surface area contributed by atoms with Crippen LogP contribution >= 0.6 is 0 Å². The molecular formula is C33H43N3O7. The third kappa shape index (κ3) is 6.26. The number of likely N-dealkylation sites (tertiary alicyclic amines) is 1. The second kappa shape index (κ2) is 13.9. The van der Waals surface area contributed by atoms with Crippen LogP contribution in [0.2, 0.25) is 0 Å². The molecule has 43 heavy (non-hydrogen) atoms. The van der Waals surface area contributed by atoms with Gasteiger partial charge in [-0.3, -0.25) is 19.2 Å². The minimum atomic E-state index is -1.27. The average Bonchev–Trinajstić information content (AvgIpc) is 3.65. The molecule has 4 aliphatic rings. The van der Waals surface area contributed by atoms with E-state index in [4.69, 9.17) is 9.47 Å². The van der Waals surface area contributed by atoms with Gasteiger partial charge in [0.15, 0.2) is 0 Å². The van der Waals surface area contributed by atoms with Crippen LogP contribution in [0.25, 0.3) is 0 Å². The smallest absolute Gasteiger partial charge is 0.313 e. The summed E-state index contributed by atoms with van der Waals surface area (Å²) in [5.74, 6) is -3.06. The first-order chi connectivity index (χ1) is 20.9. The fraction of sp³-hybridized carbons (Fsp3) is 0.576. The lowest BCUT2D eigenvalue weighted by Crippen LogP contribution is -2.56. The molecule has 0 unspecified atom stereocenters. The highest BCUT2D eigenvalue weighted by Crippen LogP contribution is 2.55.